The second kappa shape index (κ2) is 13.0. The maximum absolute atomic E-state index is 12.9. The van der Waals surface area contributed by atoms with Crippen LogP contribution in [0, 0.1) is 6.92 Å². The van der Waals surface area contributed by atoms with Crippen molar-refractivity contribution in [1.29, 1.82) is 0 Å². The van der Waals surface area contributed by atoms with Crippen LogP contribution in [0.25, 0.3) is 0 Å². The number of anilines is 1. The number of para-hydroxylation sites is 1. The van der Waals surface area contributed by atoms with E-state index in [1.54, 1.807) is 47.9 Å². The summed E-state index contributed by atoms with van der Waals surface area (Å²) in [5, 5.41) is 0. The molecule has 3 aromatic carbocycles. The number of rotatable bonds is 10. The van der Waals surface area contributed by atoms with Crippen LogP contribution in [-0.4, -0.2) is 54.9 Å². The molecule has 1 heterocycles. The Labute approximate surface area is 226 Å². The molecule has 0 N–H and O–H groups in total. The molecule has 0 unspecified atom stereocenters. The fourth-order valence-corrected chi connectivity index (χ4v) is 4.82. The molecule has 4 rings (SSSR count). The Hall–Kier alpha value is -3.98. The zero-order valence-corrected chi connectivity index (χ0v) is 22.2. The molecule has 0 aliphatic carbocycles. The highest BCUT2D eigenvalue weighted by Crippen LogP contribution is 2.34. The van der Waals surface area contributed by atoms with Gasteiger partial charge in [-0.3, -0.25) is 14.5 Å². The second-order valence-electron chi connectivity index (χ2n) is 8.64. The fourth-order valence-electron chi connectivity index (χ4n) is 3.88. The van der Waals surface area contributed by atoms with Gasteiger partial charge in [-0.15, -0.1) is 11.8 Å². The Kier molecular flexibility index (Phi) is 9.26. The van der Waals surface area contributed by atoms with Gasteiger partial charge in [0, 0.05) is 11.4 Å². The van der Waals surface area contributed by atoms with Crippen molar-refractivity contribution in [3.8, 4) is 11.5 Å². The molecule has 1 aliphatic heterocycles. The SMILES string of the molecule is CCOC(=O)CN(Cc1ccc(OCCN2C(=O)CSc3ccccc32)cc1)C(=O)Oc1ccc(C)cc1. The van der Waals surface area contributed by atoms with Gasteiger partial charge in [0.1, 0.15) is 24.7 Å². The van der Waals surface area contributed by atoms with Crippen LogP contribution in [-0.2, 0) is 20.9 Å². The predicted molar refractivity (Wildman–Crippen MR) is 146 cm³/mol. The minimum atomic E-state index is -0.646. The topological polar surface area (TPSA) is 85.4 Å². The van der Waals surface area contributed by atoms with E-state index in [1.807, 2.05) is 55.5 Å². The number of fused-ring (bicyclic) bond motifs is 1. The van der Waals surface area contributed by atoms with Gasteiger partial charge in [-0.05, 0) is 55.8 Å². The number of esters is 1. The smallest absolute Gasteiger partial charge is 0.416 e. The molecule has 0 atom stereocenters. The third kappa shape index (κ3) is 7.29. The summed E-state index contributed by atoms with van der Waals surface area (Å²) in [5.74, 6) is 0.999. The summed E-state index contributed by atoms with van der Waals surface area (Å²) in [6, 6.07) is 22.2. The molecule has 0 saturated carbocycles. The lowest BCUT2D eigenvalue weighted by Crippen LogP contribution is -2.38. The summed E-state index contributed by atoms with van der Waals surface area (Å²) in [7, 11) is 0. The number of hydrogen-bond acceptors (Lipinski definition) is 7. The third-order valence-electron chi connectivity index (χ3n) is 5.80. The van der Waals surface area contributed by atoms with Gasteiger partial charge < -0.3 is 19.1 Å². The van der Waals surface area contributed by atoms with E-state index in [1.165, 1.54) is 4.90 Å². The first-order valence-electron chi connectivity index (χ1n) is 12.4. The number of benzene rings is 3. The van der Waals surface area contributed by atoms with Crippen molar-refractivity contribution < 1.29 is 28.6 Å². The minimum absolute atomic E-state index is 0.0619. The molecule has 3 aromatic rings. The van der Waals surface area contributed by atoms with Gasteiger partial charge in [0.25, 0.3) is 0 Å². The van der Waals surface area contributed by atoms with Crippen LogP contribution in [0.15, 0.2) is 77.7 Å². The number of hydrogen-bond donors (Lipinski definition) is 0. The molecule has 0 spiro atoms. The minimum Gasteiger partial charge on any atom is -0.492 e. The molecular formula is C29H30N2O6S. The molecule has 9 heteroatoms. The van der Waals surface area contributed by atoms with Crippen LogP contribution in [0.2, 0.25) is 0 Å². The summed E-state index contributed by atoms with van der Waals surface area (Å²) in [6.07, 6.45) is -0.646. The lowest BCUT2D eigenvalue weighted by molar-refractivity contribution is -0.144. The predicted octanol–water partition coefficient (Wildman–Crippen LogP) is 5.08. The van der Waals surface area contributed by atoms with E-state index in [4.69, 9.17) is 14.2 Å². The average molecular weight is 535 g/mol. The first kappa shape index (κ1) is 27.1. The number of amides is 2. The average Bonchev–Trinajstić information content (AvgIpc) is 2.92. The van der Waals surface area contributed by atoms with Crippen molar-refractivity contribution in [2.24, 2.45) is 0 Å². The Morgan fingerprint density at radius 2 is 1.68 bits per heavy atom. The van der Waals surface area contributed by atoms with E-state index in [0.717, 1.165) is 21.7 Å². The summed E-state index contributed by atoms with van der Waals surface area (Å²) in [5.41, 5.74) is 2.74. The molecule has 198 valence electrons. The van der Waals surface area contributed by atoms with Gasteiger partial charge in [-0.2, -0.15) is 0 Å². The summed E-state index contributed by atoms with van der Waals surface area (Å²) < 4.78 is 16.4. The van der Waals surface area contributed by atoms with Gasteiger partial charge in [-0.1, -0.05) is 42.0 Å². The number of ether oxygens (including phenoxy) is 3. The molecule has 1 aliphatic rings. The van der Waals surface area contributed by atoms with E-state index < -0.39 is 12.1 Å². The maximum Gasteiger partial charge on any atom is 0.416 e. The molecular weight excluding hydrogens is 504 g/mol. The monoisotopic (exact) mass is 534 g/mol. The maximum atomic E-state index is 12.9. The number of thioether (sulfide) groups is 1. The van der Waals surface area contributed by atoms with Crippen LogP contribution >= 0.6 is 11.8 Å². The zero-order valence-electron chi connectivity index (χ0n) is 21.4. The highest BCUT2D eigenvalue weighted by molar-refractivity contribution is 8.00. The van der Waals surface area contributed by atoms with Gasteiger partial charge in [-0.25, -0.2) is 4.79 Å². The molecule has 0 aromatic heterocycles. The molecule has 0 saturated heterocycles. The molecule has 0 fully saturated rings. The van der Waals surface area contributed by atoms with E-state index in [2.05, 4.69) is 0 Å². The molecule has 0 radical (unpaired) electrons. The molecule has 8 nitrogen and oxygen atoms in total. The van der Waals surface area contributed by atoms with Gasteiger partial charge in [0.2, 0.25) is 5.91 Å². The summed E-state index contributed by atoms with van der Waals surface area (Å²) in [4.78, 5) is 41.5. The number of carbonyl (C=O) groups is 3. The normalized spacial score (nSPS) is 12.5. The standard InChI is InChI=1S/C29H30N2O6S/c1-3-35-28(33)19-30(29(34)37-24-12-8-21(2)9-13-24)18-22-10-14-23(15-11-22)36-17-16-31-25-6-4-5-7-26(25)38-20-27(31)32/h4-15H,3,16-20H2,1-2H3. The molecule has 0 bridgehead atoms. The highest BCUT2D eigenvalue weighted by Gasteiger charge is 2.24. The molecule has 2 amide bonds. The van der Waals surface area contributed by atoms with Crippen LogP contribution in [0.4, 0.5) is 10.5 Å². The summed E-state index contributed by atoms with van der Waals surface area (Å²) in [6.45, 7) is 4.57. The molecule has 38 heavy (non-hydrogen) atoms. The first-order chi connectivity index (χ1) is 18.4. The lowest BCUT2D eigenvalue weighted by Gasteiger charge is -2.28. The first-order valence-corrected chi connectivity index (χ1v) is 13.3. The van der Waals surface area contributed by atoms with Crippen molar-refractivity contribution in [3.63, 3.8) is 0 Å². The number of aryl methyl sites for hydroxylation is 1. The van der Waals surface area contributed by atoms with Crippen LogP contribution in [0.1, 0.15) is 18.1 Å². The fraction of sp³-hybridized carbons (Fsp3) is 0.276. The zero-order chi connectivity index (χ0) is 26.9. The van der Waals surface area contributed by atoms with Crippen molar-refractivity contribution in [1.82, 2.24) is 4.90 Å². The van der Waals surface area contributed by atoms with E-state index in [-0.39, 0.29) is 25.6 Å². The van der Waals surface area contributed by atoms with Crippen molar-refractivity contribution in [3.05, 3.63) is 83.9 Å². The number of nitrogens with zero attached hydrogens (tertiary/aromatic N) is 2. The Balaban J connectivity index is 1.35. The van der Waals surface area contributed by atoms with Crippen molar-refractivity contribution in [2.45, 2.75) is 25.3 Å². The highest BCUT2D eigenvalue weighted by atomic mass is 32.2. The van der Waals surface area contributed by atoms with Crippen molar-refractivity contribution in [2.75, 3.05) is 37.0 Å². The lowest BCUT2D eigenvalue weighted by atomic mass is 10.2. The van der Waals surface area contributed by atoms with E-state index >= 15 is 0 Å². The van der Waals surface area contributed by atoms with Crippen LogP contribution in [0.5, 0.6) is 11.5 Å². The van der Waals surface area contributed by atoms with Gasteiger partial charge >= 0.3 is 12.1 Å². The van der Waals surface area contributed by atoms with Crippen LogP contribution in [0.3, 0.4) is 0 Å². The van der Waals surface area contributed by atoms with Gasteiger partial charge in [0.15, 0.2) is 0 Å². The largest absolute Gasteiger partial charge is 0.492 e. The van der Waals surface area contributed by atoms with E-state index in [9.17, 15) is 14.4 Å². The van der Waals surface area contributed by atoms with Crippen molar-refractivity contribution >= 4 is 35.4 Å². The number of carbonyl (C=O) groups excluding carboxylic acids is 3. The quantitative estimate of drug-likeness (QED) is 0.336. The summed E-state index contributed by atoms with van der Waals surface area (Å²) >= 11 is 1.55. The Morgan fingerprint density at radius 3 is 2.42 bits per heavy atom. The third-order valence-corrected chi connectivity index (χ3v) is 6.85. The van der Waals surface area contributed by atoms with Gasteiger partial charge in [0.05, 0.1) is 24.6 Å². The Bertz CT molecular complexity index is 1260. The Morgan fingerprint density at radius 1 is 0.974 bits per heavy atom. The van der Waals surface area contributed by atoms with E-state index in [0.29, 0.717) is 30.4 Å². The second-order valence-corrected chi connectivity index (χ2v) is 9.65. The van der Waals surface area contributed by atoms with Crippen LogP contribution < -0.4 is 14.4 Å².